The third-order valence-electron chi connectivity index (χ3n) is 3.54. The third-order valence-corrected chi connectivity index (χ3v) is 5.33. The molecule has 6 nitrogen and oxygen atoms in total. The van der Waals surface area contributed by atoms with Gasteiger partial charge in [-0.2, -0.15) is 18.3 Å². The predicted molar refractivity (Wildman–Crippen MR) is 81.3 cm³/mol. The van der Waals surface area contributed by atoms with Crippen molar-refractivity contribution in [1.82, 2.24) is 9.78 Å². The lowest BCUT2D eigenvalue weighted by atomic mass is 10.0. The summed E-state index contributed by atoms with van der Waals surface area (Å²) in [4.78, 5) is 9.86. The van der Waals surface area contributed by atoms with E-state index in [0.29, 0.717) is 31.0 Å². The van der Waals surface area contributed by atoms with E-state index in [1.807, 2.05) is 0 Å². The average molecular weight is 384 g/mol. The van der Waals surface area contributed by atoms with E-state index in [1.165, 1.54) is 10.9 Å². The summed E-state index contributed by atoms with van der Waals surface area (Å²) >= 11 is 6.02. The number of halogens is 4. The summed E-state index contributed by atoms with van der Waals surface area (Å²) in [5.41, 5.74) is 0.171. The summed E-state index contributed by atoms with van der Waals surface area (Å²) in [5, 5.41) is 4.13. The molecule has 0 spiro atoms. The summed E-state index contributed by atoms with van der Waals surface area (Å²) in [7, 11) is -5.89. The van der Waals surface area contributed by atoms with Gasteiger partial charge in [0, 0.05) is 12.1 Å². The molecule has 24 heavy (non-hydrogen) atoms. The highest BCUT2D eigenvalue weighted by molar-refractivity contribution is 7.97. The van der Waals surface area contributed by atoms with Crippen molar-refractivity contribution in [1.29, 1.82) is 0 Å². The summed E-state index contributed by atoms with van der Waals surface area (Å²) < 4.78 is 63.1. The Morgan fingerprint density at radius 2 is 2.08 bits per heavy atom. The summed E-state index contributed by atoms with van der Waals surface area (Å²) in [5.74, 6) is -1.70. The first-order valence-corrected chi connectivity index (χ1v) is 8.57. The van der Waals surface area contributed by atoms with Crippen LogP contribution in [0.1, 0.15) is 25.5 Å². The van der Waals surface area contributed by atoms with Crippen molar-refractivity contribution in [2.24, 2.45) is 5.73 Å². The zero-order valence-electron chi connectivity index (χ0n) is 12.4. The van der Waals surface area contributed by atoms with Gasteiger partial charge in [0.2, 0.25) is 0 Å². The maximum absolute atomic E-state index is 12.8. The molecule has 0 saturated carbocycles. The lowest BCUT2D eigenvalue weighted by Crippen LogP contribution is -2.31. The first-order chi connectivity index (χ1) is 11.0. The number of hydrogen-bond donors (Lipinski definition) is 1. The van der Waals surface area contributed by atoms with Crippen molar-refractivity contribution in [3.63, 3.8) is 0 Å². The monoisotopic (exact) mass is 383 g/mol. The van der Waals surface area contributed by atoms with Gasteiger partial charge in [-0.05, 0) is 25.8 Å². The number of carbonyl (C=O) groups excluding carboxylic acids is 1. The van der Waals surface area contributed by atoms with Crippen LogP contribution in [0.5, 0.6) is 0 Å². The van der Waals surface area contributed by atoms with Crippen molar-refractivity contribution >= 4 is 32.9 Å². The van der Waals surface area contributed by atoms with Crippen LogP contribution in [0, 0.1) is 0 Å². The molecule has 0 fully saturated rings. The van der Waals surface area contributed by atoms with Crippen LogP contribution >= 0.6 is 11.6 Å². The van der Waals surface area contributed by atoms with Gasteiger partial charge in [0.05, 0.1) is 16.9 Å². The highest BCUT2D eigenvalue weighted by atomic mass is 35.5. The van der Waals surface area contributed by atoms with Crippen molar-refractivity contribution < 1.29 is 26.4 Å². The molecule has 0 atom stereocenters. The lowest BCUT2D eigenvalue weighted by molar-refractivity contribution is -0.114. The first kappa shape index (κ1) is 18.5. The van der Waals surface area contributed by atoms with Crippen LogP contribution < -0.4 is 5.73 Å². The van der Waals surface area contributed by atoms with E-state index < -0.39 is 26.2 Å². The second-order valence-corrected chi connectivity index (χ2v) is 7.50. The number of fused-ring (bicyclic) bond motifs is 1. The number of nitrogens with zero attached hydrogens (tertiary/aromatic N) is 2. The van der Waals surface area contributed by atoms with E-state index in [1.54, 1.807) is 6.92 Å². The van der Waals surface area contributed by atoms with E-state index >= 15 is 0 Å². The fraction of sp³-hybridized carbons (Fsp3) is 0.385. The van der Waals surface area contributed by atoms with Crippen LogP contribution in [0.4, 0.5) is 13.2 Å². The number of aryl methyl sites for hydroxylation is 1. The molecule has 1 aliphatic heterocycles. The Morgan fingerprint density at radius 1 is 1.46 bits per heavy atom. The van der Waals surface area contributed by atoms with Gasteiger partial charge in [0.1, 0.15) is 4.91 Å². The Labute approximate surface area is 140 Å². The number of sulfone groups is 1. The van der Waals surface area contributed by atoms with Crippen molar-refractivity contribution in [2.75, 3.05) is 0 Å². The fourth-order valence-corrected chi connectivity index (χ4v) is 3.39. The van der Waals surface area contributed by atoms with Gasteiger partial charge in [-0.1, -0.05) is 17.2 Å². The molecule has 11 heteroatoms. The number of nitrogens with two attached hydrogens (primary N) is 1. The van der Waals surface area contributed by atoms with E-state index in [-0.39, 0.29) is 16.3 Å². The van der Waals surface area contributed by atoms with Crippen molar-refractivity contribution in [3.05, 3.63) is 33.5 Å². The molecule has 0 aromatic carbocycles. The molecule has 0 unspecified atom stereocenters. The van der Waals surface area contributed by atoms with E-state index in [9.17, 15) is 26.4 Å². The van der Waals surface area contributed by atoms with Crippen LogP contribution in [-0.4, -0.2) is 29.6 Å². The summed E-state index contributed by atoms with van der Waals surface area (Å²) in [6, 6.07) is 0. The maximum Gasteiger partial charge on any atom is 0.502 e. The molecule has 1 aliphatic rings. The molecule has 2 rings (SSSR count). The normalized spacial score (nSPS) is 16.8. The Balaban J connectivity index is 2.74. The second kappa shape index (κ2) is 6.25. The van der Waals surface area contributed by atoms with Gasteiger partial charge >= 0.3 is 5.51 Å². The smallest absolute Gasteiger partial charge is 0.365 e. The van der Waals surface area contributed by atoms with Crippen molar-refractivity contribution in [2.45, 2.75) is 31.8 Å². The Morgan fingerprint density at radius 3 is 2.62 bits per heavy atom. The number of carbonyl (C=O) groups is 1. The van der Waals surface area contributed by atoms with Gasteiger partial charge in [0.15, 0.2) is 0 Å². The van der Waals surface area contributed by atoms with Crippen molar-refractivity contribution in [3.8, 4) is 0 Å². The highest BCUT2D eigenvalue weighted by Gasteiger charge is 2.50. The summed E-state index contributed by atoms with van der Waals surface area (Å²) in [6.45, 7) is 2.07. The molecular weight excluding hydrogens is 371 g/mol. The van der Waals surface area contributed by atoms with Crippen LogP contribution in [0.2, 0.25) is 5.02 Å². The fourth-order valence-electron chi connectivity index (χ4n) is 2.36. The van der Waals surface area contributed by atoms with E-state index in [0.717, 1.165) is 0 Å². The molecule has 0 bridgehead atoms. The number of primary amides is 1. The molecule has 2 N–H and O–H groups in total. The molecule has 0 saturated heterocycles. The minimum absolute atomic E-state index is 0.0941. The van der Waals surface area contributed by atoms with Gasteiger partial charge in [-0.25, -0.2) is 8.42 Å². The zero-order chi connectivity index (χ0) is 18.3. The topological polar surface area (TPSA) is 95.1 Å². The molecule has 1 aromatic heterocycles. The Hall–Kier alpha value is -1.81. The number of allylic oxidation sites excluding steroid dienone is 3. The first-order valence-electron chi connectivity index (χ1n) is 6.71. The number of rotatable bonds is 3. The number of alkyl halides is 3. The Bertz CT molecular complexity index is 854. The number of amides is 1. The van der Waals surface area contributed by atoms with Gasteiger partial charge in [-0.3, -0.25) is 9.48 Å². The molecule has 1 aromatic rings. The predicted octanol–water partition coefficient (Wildman–Crippen LogP) is 2.41. The van der Waals surface area contributed by atoms with Gasteiger partial charge < -0.3 is 5.73 Å². The quantitative estimate of drug-likeness (QED) is 0.811. The largest absolute Gasteiger partial charge is 0.502 e. The Kier molecular flexibility index (Phi) is 4.82. The van der Waals surface area contributed by atoms with E-state index in [2.05, 4.69) is 5.10 Å². The number of aromatic nitrogens is 2. The third kappa shape index (κ3) is 3.20. The molecule has 2 heterocycles. The van der Waals surface area contributed by atoms with E-state index in [4.69, 9.17) is 17.3 Å². The molecule has 0 radical (unpaired) electrons. The zero-order valence-corrected chi connectivity index (χ0v) is 14.0. The average Bonchev–Trinajstić information content (AvgIpc) is 2.71. The lowest BCUT2D eigenvalue weighted by Gasteiger charge is -2.12. The van der Waals surface area contributed by atoms with Crippen LogP contribution in [-0.2, 0) is 21.2 Å². The SMILES string of the molecule is CC1=C(/C=C(/C(N)=O)S(=O)(=O)C(F)(F)F)c2c(Cl)cnn2CCC1. The standard InChI is InChI=1S/C13H13ClF3N3O3S/c1-7-3-2-4-20-11(9(14)6-19-20)8(7)5-10(12(18)21)24(22,23)13(15,16)17/h5-6H,2-4H2,1H3,(H2,18,21)/b10-5-. The van der Waals surface area contributed by atoms with Crippen LogP contribution in [0.25, 0.3) is 5.57 Å². The molecule has 0 aliphatic carbocycles. The molecule has 132 valence electrons. The van der Waals surface area contributed by atoms with Gasteiger partial charge in [0.25, 0.3) is 15.7 Å². The maximum atomic E-state index is 12.8. The molecular formula is C13H13ClF3N3O3S. The second-order valence-electron chi connectivity index (χ2n) is 5.18. The minimum Gasteiger partial charge on any atom is -0.365 e. The summed E-state index contributed by atoms with van der Waals surface area (Å²) in [6.07, 6.45) is 3.03. The minimum atomic E-state index is -5.89. The number of hydrogen-bond acceptors (Lipinski definition) is 4. The molecule has 1 amide bonds. The van der Waals surface area contributed by atoms with Gasteiger partial charge in [-0.15, -0.1) is 0 Å². The van der Waals surface area contributed by atoms with Crippen LogP contribution in [0.3, 0.4) is 0 Å². The highest BCUT2D eigenvalue weighted by Crippen LogP contribution is 2.36. The van der Waals surface area contributed by atoms with Crippen LogP contribution in [0.15, 0.2) is 22.8 Å².